The number of hydrogen-bond acceptors (Lipinski definition) is 6. The van der Waals surface area contributed by atoms with E-state index in [1.165, 1.54) is 9.08 Å². The van der Waals surface area contributed by atoms with Gasteiger partial charge < -0.3 is 14.8 Å². The highest BCUT2D eigenvalue weighted by molar-refractivity contribution is 5.81. The van der Waals surface area contributed by atoms with Gasteiger partial charge in [0, 0.05) is 6.20 Å². The minimum absolute atomic E-state index is 0.330. The van der Waals surface area contributed by atoms with Gasteiger partial charge in [-0.1, -0.05) is 0 Å². The number of rotatable bonds is 3. The van der Waals surface area contributed by atoms with E-state index >= 15 is 0 Å². The molecule has 3 heterocycles. The van der Waals surface area contributed by atoms with Crippen LogP contribution in [0.3, 0.4) is 0 Å². The van der Waals surface area contributed by atoms with E-state index in [-0.39, 0.29) is 18.8 Å². The second kappa shape index (κ2) is 4.85. The Kier molecular flexibility index (Phi) is 3.22. The maximum atomic E-state index is 12.8. The second-order valence-corrected chi connectivity index (χ2v) is 5.63. The van der Waals surface area contributed by atoms with E-state index in [2.05, 4.69) is 15.1 Å². The van der Waals surface area contributed by atoms with Crippen LogP contribution in [0.15, 0.2) is 17.1 Å². The molecule has 0 fully saturated rings. The quantitative estimate of drug-likeness (QED) is 0.691. The van der Waals surface area contributed by atoms with Gasteiger partial charge in [-0.25, -0.2) is 4.98 Å². The van der Waals surface area contributed by atoms with E-state index in [0.717, 1.165) is 0 Å². The fourth-order valence-corrected chi connectivity index (χ4v) is 2.51. The first-order valence-electron chi connectivity index (χ1n) is 6.89. The van der Waals surface area contributed by atoms with Crippen LogP contribution in [0.1, 0.15) is 18.4 Å². The zero-order valence-corrected chi connectivity index (χ0v) is 12.6. The molecule has 0 bridgehead atoms. The molecule has 0 aliphatic heterocycles. The van der Waals surface area contributed by atoms with E-state index < -0.39 is 5.54 Å². The van der Waals surface area contributed by atoms with E-state index in [1.807, 2.05) is 0 Å². The van der Waals surface area contributed by atoms with Gasteiger partial charge in [0.2, 0.25) is 0 Å². The lowest BCUT2D eigenvalue weighted by Crippen LogP contribution is -2.44. The number of hydrogen-bond donors (Lipinski definition) is 2. The molecule has 22 heavy (non-hydrogen) atoms. The van der Waals surface area contributed by atoms with Crippen molar-refractivity contribution in [3.05, 3.63) is 34.1 Å². The highest BCUT2D eigenvalue weighted by Gasteiger charge is 2.27. The molecular formula is C14H17N5O3. The predicted molar refractivity (Wildman–Crippen MR) is 79.8 cm³/mol. The predicted octanol–water partition coefficient (Wildman–Crippen LogP) is -0.244. The highest BCUT2D eigenvalue weighted by atomic mass is 16.3. The molecule has 0 spiro atoms. The van der Waals surface area contributed by atoms with Crippen molar-refractivity contribution in [3.63, 3.8) is 0 Å². The minimum atomic E-state index is -1.08. The highest BCUT2D eigenvalue weighted by Crippen LogP contribution is 2.18. The van der Waals surface area contributed by atoms with Gasteiger partial charge >= 0.3 is 0 Å². The Morgan fingerprint density at radius 1 is 1.23 bits per heavy atom. The second-order valence-electron chi connectivity index (χ2n) is 5.63. The first kappa shape index (κ1) is 14.6. The van der Waals surface area contributed by atoms with Gasteiger partial charge in [0.05, 0.1) is 35.3 Å². The molecule has 2 N–H and O–H groups in total. The molecule has 0 saturated carbocycles. The van der Waals surface area contributed by atoms with Gasteiger partial charge in [0.25, 0.3) is 11.3 Å². The maximum absolute atomic E-state index is 12.8. The molecule has 3 aromatic heterocycles. The van der Waals surface area contributed by atoms with Gasteiger partial charge in [0.1, 0.15) is 5.82 Å². The Labute approximate surface area is 125 Å². The first-order chi connectivity index (χ1) is 10.4. The summed E-state index contributed by atoms with van der Waals surface area (Å²) in [7, 11) is 0. The lowest BCUT2D eigenvalue weighted by Gasteiger charge is -2.27. The Balaban J connectivity index is 2.44. The molecule has 3 rings (SSSR count). The smallest absolute Gasteiger partial charge is 0.262 e. The third kappa shape index (κ3) is 1.92. The molecular weight excluding hydrogens is 286 g/mol. The number of nitrogens with zero attached hydrogens (tertiary/aromatic N) is 5. The number of aromatic nitrogens is 5. The number of pyridine rings is 1. The van der Waals surface area contributed by atoms with Crippen LogP contribution in [0.2, 0.25) is 0 Å². The first-order valence-corrected chi connectivity index (χ1v) is 6.89. The van der Waals surface area contributed by atoms with Crippen LogP contribution in [0.4, 0.5) is 0 Å². The Bertz CT molecular complexity index is 924. The zero-order chi connectivity index (χ0) is 16.1. The lowest BCUT2D eigenvalue weighted by atomic mass is 10.0. The van der Waals surface area contributed by atoms with Crippen LogP contribution in [0, 0.1) is 13.8 Å². The van der Waals surface area contributed by atoms with E-state index in [4.69, 9.17) is 0 Å². The summed E-state index contributed by atoms with van der Waals surface area (Å²) in [5, 5.41) is 23.7. The summed E-state index contributed by atoms with van der Waals surface area (Å²) in [5.41, 5.74) is -0.275. The number of aryl methyl sites for hydroxylation is 2. The molecule has 0 atom stereocenters. The van der Waals surface area contributed by atoms with Crippen LogP contribution in [-0.4, -0.2) is 47.6 Å². The van der Waals surface area contributed by atoms with Crippen molar-refractivity contribution in [3.8, 4) is 0 Å². The van der Waals surface area contributed by atoms with Gasteiger partial charge in [-0.3, -0.25) is 4.79 Å². The average molecular weight is 303 g/mol. The summed E-state index contributed by atoms with van der Waals surface area (Å²) < 4.78 is 2.86. The molecule has 0 radical (unpaired) electrons. The molecule has 0 amide bonds. The van der Waals surface area contributed by atoms with Crippen molar-refractivity contribution in [1.29, 1.82) is 0 Å². The minimum Gasteiger partial charge on any atom is -0.394 e. The van der Waals surface area contributed by atoms with E-state index in [9.17, 15) is 15.0 Å². The summed E-state index contributed by atoms with van der Waals surface area (Å²) in [6.07, 6.45) is 1.55. The van der Waals surface area contributed by atoms with Crippen molar-refractivity contribution in [2.45, 2.75) is 26.3 Å². The van der Waals surface area contributed by atoms with Crippen molar-refractivity contribution in [1.82, 2.24) is 24.1 Å². The molecule has 8 heteroatoms. The fraction of sp³-hybridized carbons (Fsp3) is 0.429. The van der Waals surface area contributed by atoms with Crippen molar-refractivity contribution in [2.75, 3.05) is 13.2 Å². The molecule has 3 aromatic rings. The lowest BCUT2D eigenvalue weighted by molar-refractivity contribution is 0.0755. The third-order valence-corrected chi connectivity index (χ3v) is 3.89. The SMILES string of the molecule is Cc1nc2nc(C)c3c(=O)n(C(C)(CO)CO)ccc3n2n1. The zero-order valence-electron chi connectivity index (χ0n) is 12.6. The van der Waals surface area contributed by atoms with Crippen LogP contribution in [-0.2, 0) is 5.54 Å². The van der Waals surface area contributed by atoms with Crippen molar-refractivity contribution in [2.24, 2.45) is 0 Å². The van der Waals surface area contributed by atoms with Crippen LogP contribution < -0.4 is 5.56 Å². The third-order valence-electron chi connectivity index (χ3n) is 3.89. The standard InChI is InChI=1S/C14H17N5O3/c1-8-11-10(19-13(15-8)16-9(2)17-19)4-5-18(12(11)22)14(3,6-20)7-21/h4-5,20-21H,6-7H2,1-3H3. The van der Waals surface area contributed by atoms with Crippen LogP contribution in [0.5, 0.6) is 0 Å². The van der Waals surface area contributed by atoms with Gasteiger partial charge in [-0.2, -0.15) is 9.50 Å². The molecule has 0 unspecified atom stereocenters. The fourth-order valence-electron chi connectivity index (χ4n) is 2.51. The average Bonchev–Trinajstić information content (AvgIpc) is 2.86. The largest absolute Gasteiger partial charge is 0.394 e. The number of aliphatic hydroxyl groups excluding tert-OH is 2. The van der Waals surface area contributed by atoms with Gasteiger partial charge in [0.15, 0.2) is 0 Å². The van der Waals surface area contributed by atoms with Gasteiger partial charge in [-0.15, -0.1) is 5.10 Å². The molecule has 0 saturated heterocycles. The van der Waals surface area contributed by atoms with E-state index in [1.54, 1.807) is 33.0 Å². The molecule has 0 aliphatic rings. The monoisotopic (exact) mass is 303 g/mol. The Morgan fingerprint density at radius 3 is 2.55 bits per heavy atom. The number of fused-ring (bicyclic) bond motifs is 3. The van der Waals surface area contributed by atoms with Gasteiger partial charge in [-0.05, 0) is 26.8 Å². The number of aliphatic hydroxyl groups is 2. The molecule has 0 aliphatic carbocycles. The van der Waals surface area contributed by atoms with Crippen molar-refractivity contribution >= 4 is 16.7 Å². The molecule has 8 nitrogen and oxygen atoms in total. The summed E-state index contributed by atoms with van der Waals surface area (Å²) in [4.78, 5) is 21.3. The summed E-state index contributed by atoms with van der Waals surface area (Å²) in [6, 6.07) is 1.72. The Morgan fingerprint density at radius 2 is 1.91 bits per heavy atom. The van der Waals surface area contributed by atoms with Crippen molar-refractivity contribution < 1.29 is 10.2 Å². The summed E-state index contributed by atoms with van der Waals surface area (Å²) in [6.45, 7) is 4.39. The van der Waals surface area contributed by atoms with E-state index in [0.29, 0.717) is 28.2 Å². The van der Waals surface area contributed by atoms with Crippen LogP contribution in [0.25, 0.3) is 16.7 Å². The normalized spacial score (nSPS) is 12.4. The topological polar surface area (TPSA) is 106 Å². The molecule has 116 valence electrons. The molecule has 0 aromatic carbocycles. The van der Waals surface area contributed by atoms with Crippen LogP contribution >= 0.6 is 0 Å². The maximum Gasteiger partial charge on any atom is 0.262 e. The summed E-state index contributed by atoms with van der Waals surface area (Å²) >= 11 is 0. The Hall–Kier alpha value is -2.32. The summed E-state index contributed by atoms with van der Waals surface area (Å²) in [5.74, 6) is 1.01.